The third kappa shape index (κ3) is 5.60. The van der Waals surface area contributed by atoms with Gasteiger partial charge in [-0.2, -0.15) is 0 Å². The van der Waals surface area contributed by atoms with Crippen LogP contribution < -0.4 is 24.8 Å². The average molecular weight is 392 g/mol. The van der Waals surface area contributed by atoms with Crippen molar-refractivity contribution in [3.63, 3.8) is 0 Å². The van der Waals surface area contributed by atoms with E-state index in [0.29, 0.717) is 22.1 Å². The van der Waals surface area contributed by atoms with E-state index in [1.165, 1.54) is 11.3 Å². The molecule has 2 heterocycles. The van der Waals surface area contributed by atoms with Crippen molar-refractivity contribution in [2.45, 2.75) is 12.5 Å². The zero-order valence-electron chi connectivity index (χ0n) is 14.5. The van der Waals surface area contributed by atoms with E-state index >= 15 is 0 Å². The number of aliphatic hydroxyl groups excluding tert-OH is 1. The Labute approximate surface area is 160 Å². The number of amides is 2. The largest absolute Gasteiger partial charge is 0.491 e. The van der Waals surface area contributed by atoms with Crippen molar-refractivity contribution < 1.29 is 28.9 Å². The van der Waals surface area contributed by atoms with E-state index in [-0.39, 0.29) is 44.7 Å². The zero-order valence-corrected chi connectivity index (χ0v) is 15.3. The summed E-state index contributed by atoms with van der Waals surface area (Å²) in [5.41, 5.74) is 0. The van der Waals surface area contributed by atoms with Gasteiger partial charge in [-0.05, 0) is 23.6 Å². The zero-order chi connectivity index (χ0) is 19.1. The highest BCUT2D eigenvalue weighted by Crippen LogP contribution is 2.35. The summed E-state index contributed by atoms with van der Waals surface area (Å²) in [5.74, 6) is 1.33. The first-order valence-electron chi connectivity index (χ1n) is 8.41. The van der Waals surface area contributed by atoms with Gasteiger partial charge in [-0.25, -0.2) is 0 Å². The number of carbonyl (C=O) groups excluding carboxylic acids is 2. The van der Waals surface area contributed by atoms with Crippen LogP contribution in [0, 0.1) is 0 Å². The molecule has 2 aromatic rings. The van der Waals surface area contributed by atoms with Crippen LogP contribution in [0.3, 0.4) is 0 Å². The summed E-state index contributed by atoms with van der Waals surface area (Å²) >= 11 is 1.34. The molecule has 0 radical (unpaired) electrons. The standard InChI is InChI=1S/C18H20N2O6S/c21-12(10-24-13-3-4-14-15(8-13)26-11-25-14)9-20-17(22)5-6-19-18(23)16-2-1-7-27-16/h1-4,7-8,12,21H,5-6,9-11H2,(H,19,23)(H,20,22). The topological polar surface area (TPSA) is 106 Å². The van der Waals surface area contributed by atoms with Gasteiger partial charge in [0.25, 0.3) is 5.91 Å². The molecule has 1 aliphatic rings. The fourth-order valence-corrected chi connectivity index (χ4v) is 2.96. The summed E-state index contributed by atoms with van der Waals surface area (Å²) in [5, 5.41) is 17.0. The van der Waals surface area contributed by atoms with Crippen molar-refractivity contribution in [3.05, 3.63) is 40.6 Å². The molecule has 1 unspecified atom stereocenters. The normalized spacial score (nSPS) is 13.1. The molecule has 9 heteroatoms. The van der Waals surface area contributed by atoms with Gasteiger partial charge in [0.05, 0.1) is 4.88 Å². The quantitative estimate of drug-likeness (QED) is 0.591. The van der Waals surface area contributed by atoms with Gasteiger partial charge in [-0.3, -0.25) is 9.59 Å². The van der Waals surface area contributed by atoms with Crippen LogP contribution >= 0.6 is 11.3 Å². The van der Waals surface area contributed by atoms with Gasteiger partial charge in [0.2, 0.25) is 12.7 Å². The fourth-order valence-electron chi connectivity index (χ4n) is 2.32. The van der Waals surface area contributed by atoms with Crippen LogP contribution in [-0.4, -0.2) is 49.5 Å². The number of nitrogens with one attached hydrogen (secondary N) is 2. The Morgan fingerprint density at radius 2 is 2.07 bits per heavy atom. The third-order valence-corrected chi connectivity index (χ3v) is 4.57. The first kappa shape index (κ1) is 19.0. The minimum Gasteiger partial charge on any atom is -0.491 e. The van der Waals surface area contributed by atoms with E-state index in [1.807, 2.05) is 5.38 Å². The second-order valence-corrected chi connectivity index (χ2v) is 6.71. The second kappa shape index (κ2) is 9.24. The van der Waals surface area contributed by atoms with E-state index in [2.05, 4.69) is 10.6 Å². The van der Waals surface area contributed by atoms with Gasteiger partial charge < -0.3 is 30.0 Å². The lowest BCUT2D eigenvalue weighted by molar-refractivity contribution is -0.121. The molecule has 8 nitrogen and oxygen atoms in total. The van der Waals surface area contributed by atoms with Crippen LogP contribution in [0.5, 0.6) is 17.2 Å². The maximum absolute atomic E-state index is 11.8. The van der Waals surface area contributed by atoms with Crippen molar-refractivity contribution in [1.82, 2.24) is 10.6 Å². The number of fused-ring (bicyclic) bond motifs is 1. The van der Waals surface area contributed by atoms with Crippen LogP contribution in [0.2, 0.25) is 0 Å². The molecule has 0 saturated heterocycles. The number of benzene rings is 1. The third-order valence-electron chi connectivity index (χ3n) is 3.70. The van der Waals surface area contributed by atoms with E-state index < -0.39 is 6.10 Å². The number of aliphatic hydroxyl groups is 1. The molecular weight excluding hydrogens is 372 g/mol. The van der Waals surface area contributed by atoms with Gasteiger partial charge in [0.15, 0.2) is 11.5 Å². The van der Waals surface area contributed by atoms with Gasteiger partial charge in [0.1, 0.15) is 18.5 Å². The Morgan fingerprint density at radius 3 is 2.89 bits per heavy atom. The lowest BCUT2D eigenvalue weighted by Gasteiger charge is -2.13. The highest BCUT2D eigenvalue weighted by atomic mass is 32.1. The first-order valence-corrected chi connectivity index (χ1v) is 9.28. The summed E-state index contributed by atoms with van der Waals surface area (Å²) < 4.78 is 15.9. The molecule has 1 aromatic heterocycles. The summed E-state index contributed by atoms with van der Waals surface area (Å²) in [6, 6.07) is 8.64. The van der Waals surface area contributed by atoms with E-state index in [0.717, 1.165) is 0 Å². The Balaban J connectivity index is 1.30. The monoisotopic (exact) mass is 392 g/mol. The fraction of sp³-hybridized carbons (Fsp3) is 0.333. The summed E-state index contributed by atoms with van der Waals surface area (Å²) in [4.78, 5) is 24.1. The van der Waals surface area contributed by atoms with Gasteiger partial charge >= 0.3 is 0 Å². The minimum absolute atomic E-state index is 0.0229. The van der Waals surface area contributed by atoms with Gasteiger partial charge in [-0.1, -0.05) is 6.07 Å². The van der Waals surface area contributed by atoms with E-state index in [9.17, 15) is 14.7 Å². The smallest absolute Gasteiger partial charge is 0.261 e. The molecule has 0 spiro atoms. The highest BCUT2D eigenvalue weighted by Gasteiger charge is 2.15. The molecule has 1 aliphatic heterocycles. The lowest BCUT2D eigenvalue weighted by Crippen LogP contribution is -2.37. The SMILES string of the molecule is O=C(CCNC(=O)c1cccs1)NCC(O)COc1ccc2c(c1)OCO2. The molecule has 27 heavy (non-hydrogen) atoms. The molecule has 3 N–H and O–H groups in total. The molecule has 1 atom stereocenters. The van der Waals surface area contributed by atoms with Crippen LogP contribution in [0.15, 0.2) is 35.7 Å². The van der Waals surface area contributed by atoms with Crippen molar-refractivity contribution in [2.75, 3.05) is 26.5 Å². The number of ether oxygens (including phenoxy) is 3. The molecule has 0 fully saturated rings. The second-order valence-electron chi connectivity index (χ2n) is 5.77. The maximum atomic E-state index is 11.8. The molecule has 0 saturated carbocycles. The summed E-state index contributed by atoms with van der Waals surface area (Å²) in [6.45, 7) is 0.491. The van der Waals surface area contributed by atoms with Crippen LogP contribution in [-0.2, 0) is 4.79 Å². The molecule has 0 bridgehead atoms. The molecule has 0 aliphatic carbocycles. The number of hydrogen-bond donors (Lipinski definition) is 3. The lowest BCUT2D eigenvalue weighted by atomic mass is 10.3. The average Bonchev–Trinajstić information content (AvgIpc) is 3.35. The minimum atomic E-state index is -0.861. The van der Waals surface area contributed by atoms with Crippen molar-refractivity contribution in [1.29, 1.82) is 0 Å². The number of thiophene rings is 1. The molecular formula is C18H20N2O6S. The number of hydrogen-bond acceptors (Lipinski definition) is 7. The Morgan fingerprint density at radius 1 is 1.22 bits per heavy atom. The van der Waals surface area contributed by atoms with Crippen LogP contribution in [0.25, 0.3) is 0 Å². The van der Waals surface area contributed by atoms with Crippen molar-refractivity contribution in [2.24, 2.45) is 0 Å². The molecule has 3 rings (SSSR count). The van der Waals surface area contributed by atoms with Crippen LogP contribution in [0.1, 0.15) is 16.1 Å². The first-order chi connectivity index (χ1) is 13.1. The molecule has 2 amide bonds. The number of rotatable bonds is 9. The van der Waals surface area contributed by atoms with E-state index in [4.69, 9.17) is 14.2 Å². The Kier molecular flexibility index (Phi) is 6.50. The molecule has 1 aromatic carbocycles. The Bertz CT molecular complexity index is 780. The number of carbonyl (C=O) groups is 2. The highest BCUT2D eigenvalue weighted by molar-refractivity contribution is 7.12. The van der Waals surface area contributed by atoms with Crippen molar-refractivity contribution >= 4 is 23.2 Å². The van der Waals surface area contributed by atoms with Crippen molar-refractivity contribution in [3.8, 4) is 17.2 Å². The van der Waals surface area contributed by atoms with Crippen LogP contribution in [0.4, 0.5) is 0 Å². The summed E-state index contributed by atoms with van der Waals surface area (Å²) in [7, 11) is 0. The maximum Gasteiger partial charge on any atom is 0.261 e. The predicted molar refractivity (Wildman–Crippen MR) is 98.3 cm³/mol. The predicted octanol–water partition coefficient (Wildman–Crippen LogP) is 1.15. The Hall–Kier alpha value is -2.78. The van der Waals surface area contributed by atoms with Gasteiger partial charge in [-0.15, -0.1) is 11.3 Å². The van der Waals surface area contributed by atoms with E-state index in [1.54, 1.807) is 30.3 Å². The molecule has 144 valence electrons. The summed E-state index contributed by atoms with van der Waals surface area (Å²) in [6.07, 6.45) is -0.729. The van der Waals surface area contributed by atoms with Gasteiger partial charge in [0, 0.05) is 25.6 Å².